The Kier molecular flexibility index (Phi) is 2.68. The second-order valence-electron chi connectivity index (χ2n) is 3.76. The molecule has 2 heterocycles. The van der Waals surface area contributed by atoms with Gasteiger partial charge in [-0.3, -0.25) is 4.79 Å². The van der Waals surface area contributed by atoms with E-state index in [1.54, 1.807) is 12.1 Å². The molecule has 0 saturated heterocycles. The molecule has 1 aliphatic rings. The molecule has 1 aliphatic heterocycles. The molecule has 0 spiro atoms. The Morgan fingerprint density at radius 1 is 1.28 bits per heavy atom. The lowest BCUT2D eigenvalue weighted by molar-refractivity contribution is 0.172. The molecule has 0 amide bonds. The molecule has 92 valence electrons. The number of hydrogen-bond acceptors (Lipinski definition) is 4. The zero-order valence-corrected chi connectivity index (χ0v) is 10.0. The van der Waals surface area contributed by atoms with Crippen LogP contribution in [0.4, 0.5) is 0 Å². The van der Waals surface area contributed by atoms with Crippen LogP contribution >= 0.6 is 11.6 Å². The van der Waals surface area contributed by atoms with E-state index in [-0.39, 0.29) is 5.56 Å². The van der Waals surface area contributed by atoms with Crippen molar-refractivity contribution in [2.75, 3.05) is 13.2 Å². The maximum Gasteiger partial charge on any atom is 0.251 e. The Bertz CT molecular complexity index is 654. The molecule has 6 heteroatoms. The van der Waals surface area contributed by atoms with Crippen molar-refractivity contribution in [3.8, 4) is 22.9 Å². The van der Waals surface area contributed by atoms with Crippen LogP contribution in [0.25, 0.3) is 11.4 Å². The van der Waals surface area contributed by atoms with E-state index in [0.717, 1.165) is 0 Å². The van der Waals surface area contributed by atoms with E-state index >= 15 is 0 Å². The molecule has 0 unspecified atom stereocenters. The third-order valence-electron chi connectivity index (χ3n) is 2.54. The van der Waals surface area contributed by atoms with Crippen molar-refractivity contribution in [1.82, 2.24) is 9.97 Å². The fraction of sp³-hybridized carbons (Fsp3) is 0.167. The van der Waals surface area contributed by atoms with Crippen LogP contribution in [0, 0.1) is 0 Å². The monoisotopic (exact) mass is 264 g/mol. The average Bonchev–Trinajstić information content (AvgIpc) is 2.39. The number of aromatic amines is 1. The van der Waals surface area contributed by atoms with Gasteiger partial charge < -0.3 is 14.5 Å². The van der Waals surface area contributed by atoms with E-state index in [1.807, 2.05) is 0 Å². The standard InChI is InChI=1S/C12H9ClN2O3/c13-8-5-7(12-14-2-1-10(16)15-12)6-9-11(8)18-4-3-17-9/h1-2,5-6H,3-4H2,(H,14,15,16). The van der Waals surface area contributed by atoms with E-state index in [0.29, 0.717) is 41.1 Å². The predicted octanol–water partition coefficient (Wildman–Crippen LogP) is 1.86. The van der Waals surface area contributed by atoms with Crippen molar-refractivity contribution in [3.63, 3.8) is 0 Å². The van der Waals surface area contributed by atoms with Crippen molar-refractivity contribution in [2.24, 2.45) is 0 Å². The highest BCUT2D eigenvalue weighted by Crippen LogP contribution is 2.40. The molecule has 0 bridgehead atoms. The molecule has 0 aliphatic carbocycles. The normalized spacial score (nSPS) is 13.4. The highest BCUT2D eigenvalue weighted by Gasteiger charge is 2.17. The molecule has 0 radical (unpaired) electrons. The van der Waals surface area contributed by atoms with Crippen molar-refractivity contribution in [3.05, 3.63) is 39.8 Å². The first-order valence-electron chi connectivity index (χ1n) is 5.39. The van der Waals surface area contributed by atoms with Gasteiger partial charge in [-0.1, -0.05) is 11.6 Å². The quantitative estimate of drug-likeness (QED) is 0.854. The molecule has 0 fully saturated rings. The summed E-state index contributed by atoms with van der Waals surface area (Å²) in [6.07, 6.45) is 1.44. The molecule has 0 atom stereocenters. The van der Waals surface area contributed by atoms with E-state index in [1.165, 1.54) is 12.3 Å². The first-order chi connectivity index (χ1) is 8.74. The minimum atomic E-state index is -0.217. The molecule has 3 rings (SSSR count). The van der Waals surface area contributed by atoms with Crippen LogP contribution in [-0.4, -0.2) is 23.2 Å². The van der Waals surface area contributed by atoms with Gasteiger partial charge in [-0.15, -0.1) is 0 Å². The number of nitrogens with zero attached hydrogens (tertiary/aromatic N) is 1. The van der Waals surface area contributed by atoms with Gasteiger partial charge in [-0.05, 0) is 12.1 Å². The minimum absolute atomic E-state index is 0.217. The van der Waals surface area contributed by atoms with Crippen LogP contribution in [0.5, 0.6) is 11.5 Å². The fourth-order valence-corrected chi connectivity index (χ4v) is 2.03. The Balaban J connectivity index is 2.13. The van der Waals surface area contributed by atoms with E-state index < -0.39 is 0 Å². The van der Waals surface area contributed by atoms with E-state index in [2.05, 4.69) is 9.97 Å². The summed E-state index contributed by atoms with van der Waals surface area (Å²) in [7, 11) is 0. The van der Waals surface area contributed by atoms with Gasteiger partial charge in [0.15, 0.2) is 11.5 Å². The molecule has 0 saturated carbocycles. The van der Waals surface area contributed by atoms with Gasteiger partial charge in [-0.2, -0.15) is 0 Å². The summed E-state index contributed by atoms with van der Waals surface area (Å²) in [5.74, 6) is 1.54. The maximum atomic E-state index is 11.3. The van der Waals surface area contributed by atoms with Crippen LogP contribution in [0.15, 0.2) is 29.2 Å². The van der Waals surface area contributed by atoms with Gasteiger partial charge >= 0.3 is 0 Å². The topological polar surface area (TPSA) is 64.2 Å². The van der Waals surface area contributed by atoms with Gasteiger partial charge in [0, 0.05) is 17.8 Å². The second-order valence-corrected chi connectivity index (χ2v) is 4.17. The molecule has 2 aromatic rings. The smallest absolute Gasteiger partial charge is 0.251 e. The summed E-state index contributed by atoms with van der Waals surface area (Å²) in [5.41, 5.74) is 0.466. The zero-order chi connectivity index (χ0) is 12.5. The summed E-state index contributed by atoms with van der Waals surface area (Å²) in [6.45, 7) is 0.956. The highest BCUT2D eigenvalue weighted by atomic mass is 35.5. The Labute approximate surface area is 107 Å². The third kappa shape index (κ3) is 1.93. The van der Waals surface area contributed by atoms with Gasteiger partial charge in [0.05, 0.1) is 5.02 Å². The summed E-state index contributed by atoms with van der Waals surface area (Å²) < 4.78 is 10.9. The number of ether oxygens (including phenoxy) is 2. The highest BCUT2D eigenvalue weighted by molar-refractivity contribution is 6.32. The number of fused-ring (bicyclic) bond motifs is 1. The van der Waals surface area contributed by atoms with Crippen molar-refractivity contribution < 1.29 is 9.47 Å². The number of benzene rings is 1. The van der Waals surface area contributed by atoms with Crippen LogP contribution in [0.2, 0.25) is 5.02 Å². The molecule has 5 nitrogen and oxygen atoms in total. The number of H-pyrrole nitrogens is 1. The molecular weight excluding hydrogens is 256 g/mol. The van der Waals surface area contributed by atoms with Gasteiger partial charge in [0.1, 0.15) is 19.0 Å². The van der Waals surface area contributed by atoms with Crippen LogP contribution in [0.3, 0.4) is 0 Å². The molecule has 18 heavy (non-hydrogen) atoms. The second kappa shape index (κ2) is 4.34. The van der Waals surface area contributed by atoms with Crippen LogP contribution in [-0.2, 0) is 0 Å². The van der Waals surface area contributed by atoms with Crippen molar-refractivity contribution >= 4 is 11.6 Å². The van der Waals surface area contributed by atoms with Crippen molar-refractivity contribution in [2.45, 2.75) is 0 Å². The number of aromatic nitrogens is 2. The Morgan fingerprint density at radius 3 is 2.94 bits per heavy atom. The summed E-state index contributed by atoms with van der Waals surface area (Å²) in [5, 5.41) is 0.439. The molecule has 1 aromatic heterocycles. The fourth-order valence-electron chi connectivity index (χ4n) is 1.76. The van der Waals surface area contributed by atoms with Gasteiger partial charge in [0.25, 0.3) is 5.56 Å². The van der Waals surface area contributed by atoms with Crippen LogP contribution in [0.1, 0.15) is 0 Å². The predicted molar refractivity (Wildman–Crippen MR) is 66.3 cm³/mol. The number of nitrogens with one attached hydrogen (secondary N) is 1. The lowest BCUT2D eigenvalue weighted by Crippen LogP contribution is -2.15. The summed E-state index contributed by atoms with van der Waals surface area (Å²) in [6, 6.07) is 4.79. The number of halogens is 1. The lowest BCUT2D eigenvalue weighted by Gasteiger charge is -2.20. The molecule has 1 N–H and O–H groups in total. The van der Waals surface area contributed by atoms with Crippen molar-refractivity contribution in [1.29, 1.82) is 0 Å². The maximum absolute atomic E-state index is 11.3. The van der Waals surface area contributed by atoms with E-state index in [4.69, 9.17) is 21.1 Å². The first-order valence-corrected chi connectivity index (χ1v) is 5.77. The lowest BCUT2D eigenvalue weighted by atomic mass is 10.2. The molecule has 1 aromatic carbocycles. The average molecular weight is 265 g/mol. The third-order valence-corrected chi connectivity index (χ3v) is 2.82. The summed E-state index contributed by atoms with van der Waals surface area (Å²) >= 11 is 6.11. The van der Waals surface area contributed by atoms with E-state index in [9.17, 15) is 4.79 Å². The molecular formula is C12H9ClN2O3. The number of rotatable bonds is 1. The van der Waals surface area contributed by atoms with Gasteiger partial charge in [0.2, 0.25) is 0 Å². The van der Waals surface area contributed by atoms with Crippen LogP contribution < -0.4 is 15.0 Å². The first kappa shape index (κ1) is 11.1. The number of hydrogen-bond donors (Lipinski definition) is 1. The largest absolute Gasteiger partial charge is 0.486 e. The minimum Gasteiger partial charge on any atom is -0.486 e. The Hall–Kier alpha value is -2.01. The SMILES string of the molecule is O=c1ccnc(-c2cc(Cl)c3c(c2)OCCO3)[nH]1. The Morgan fingerprint density at radius 2 is 2.11 bits per heavy atom. The van der Waals surface area contributed by atoms with Gasteiger partial charge in [-0.25, -0.2) is 4.98 Å². The zero-order valence-electron chi connectivity index (χ0n) is 9.27. The summed E-state index contributed by atoms with van der Waals surface area (Å²) in [4.78, 5) is 18.0.